The lowest BCUT2D eigenvalue weighted by molar-refractivity contribution is 0.146. The van der Waals surface area contributed by atoms with Crippen LogP contribution in [0.15, 0.2) is 0 Å². The van der Waals surface area contributed by atoms with Gasteiger partial charge in [-0.3, -0.25) is 0 Å². The Morgan fingerprint density at radius 3 is 1.68 bits per heavy atom. The molecule has 2 fully saturated rings. The summed E-state index contributed by atoms with van der Waals surface area (Å²) in [6, 6.07) is -0.539. The van der Waals surface area contributed by atoms with Gasteiger partial charge < -0.3 is 5.11 Å². The first-order valence-corrected chi connectivity index (χ1v) is 17.1. The van der Waals surface area contributed by atoms with Crippen LogP contribution in [0.1, 0.15) is 121 Å². The standard InChI is InChI=1S/C28H56N2O5S2/c1-25(2,3)21-27(7,8)30(19-23-15-16-23)37(34,35)28(9,10)17-11-12-24(20-31)29(18-22-13-14-22)36(32,33)26(4,5)6/h22-24,31H,11-21H2,1-10H3/t24-/m0/s1. The number of nitrogens with zero attached hydrogens (tertiary/aromatic N) is 2. The number of hydrogen-bond donors (Lipinski definition) is 1. The van der Waals surface area contributed by atoms with E-state index in [9.17, 15) is 21.9 Å². The van der Waals surface area contributed by atoms with Crippen molar-refractivity contribution in [2.24, 2.45) is 17.3 Å². The Bertz CT molecular complexity index is 967. The van der Waals surface area contributed by atoms with Crippen LogP contribution in [-0.4, -0.2) is 71.3 Å². The molecule has 2 aliphatic carbocycles. The van der Waals surface area contributed by atoms with Gasteiger partial charge in [0.25, 0.3) is 0 Å². The molecule has 0 aromatic rings. The maximum atomic E-state index is 14.1. The third kappa shape index (κ3) is 8.63. The molecule has 2 rings (SSSR count). The van der Waals surface area contributed by atoms with Crippen LogP contribution in [0.25, 0.3) is 0 Å². The van der Waals surface area contributed by atoms with E-state index in [-0.39, 0.29) is 12.0 Å². The van der Waals surface area contributed by atoms with Crippen LogP contribution < -0.4 is 0 Å². The summed E-state index contributed by atoms with van der Waals surface area (Å²) in [7, 11) is -7.24. The van der Waals surface area contributed by atoms with E-state index in [1.54, 1.807) is 38.9 Å². The highest BCUT2D eigenvalue weighted by atomic mass is 32.2. The third-order valence-corrected chi connectivity index (χ3v) is 13.3. The predicted octanol–water partition coefficient (Wildman–Crippen LogP) is 5.39. The van der Waals surface area contributed by atoms with Gasteiger partial charge in [-0.1, -0.05) is 27.2 Å². The van der Waals surface area contributed by atoms with Gasteiger partial charge in [-0.15, -0.1) is 0 Å². The molecule has 2 aliphatic rings. The molecule has 0 saturated heterocycles. The van der Waals surface area contributed by atoms with Crippen LogP contribution in [-0.2, 0) is 20.0 Å². The Kier molecular flexibility index (Phi) is 10.1. The molecule has 0 radical (unpaired) electrons. The molecule has 37 heavy (non-hydrogen) atoms. The van der Waals surface area contributed by atoms with Crippen LogP contribution in [0, 0.1) is 17.3 Å². The van der Waals surface area contributed by atoms with Crippen LogP contribution in [0.5, 0.6) is 0 Å². The summed E-state index contributed by atoms with van der Waals surface area (Å²) >= 11 is 0. The number of rotatable bonds is 15. The van der Waals surface area contributed by atoms with E-state index >= 15 is 0 Å². The van der Waals surface area contributed by atoms with Crippen molar-refractivity contribution in [3.8, 4) is 0 Å². The van der Waals surface area contributed by atoms with Gasteiger partial charge in [0.15, 0.2) is 0 Å². The zero-order valence-electron chi connectivity index (χ0n) is 25.3. The summed E-state index contributed by atoms with van der Waals surface area (Å²) in [4.78, 5) is 0. The predicted molar refractivity (Wildman–Crippen MR) is 153 cm³/mol. The minimum atomic E-state index is -3.63. The Labute approximate surface area is 228 Å². The SMILES string of the molecule is CC(C)(C)CC(C)(C)N(CC1CC1)S(=O)(=O)C(C)(C)CCC[C@@H](CO)N(CC1CC1)S(=O)(=O)C(C)(C)C. The van der Waals surface area contributed by atoms with E-state index in [2.05, 4.69) is 20.8 Å². The van der Waals surface area contributed by atoms with Crippen molar-refractivity contribution < 1.29 is 21.9 Å². The van der Waals surface area contributed by atoms with Gasteiger partial charge in [-0.25, -0.2) is 16.8 Å². The molecule has 7 nitrogen and oxygen atoms in total. The molecule has 0 heterocycles. The first-order valence-electron chi connectivity index (χ1n) is 14.2. The molecule has 0 aromatic carbocycles. The molecule has 9 heteroatoms. The van der Waals surface area contributed by atoms with Crippen molar-refractivity contribution in [2.45, 2.75) is 142 Å². The summed E-state index contributed by atoms with van der Waals surface area (Å²) in [5.74, 6) is 0.784. The second-order valence-corrected chi connectivity index (χ2v) is 20.3. The maximum absolute atomic E-state index is 14.1. The van der Waals surface area contributed by atoms with Crippen molar-refractivity contribution in [1.82, 2.24) is 8.61 Å². The molecule has 0 unspecified atom stereocenters. The van der Waals surface area contributed by atoms with E-state index in [0.29, 0.717) is 44.2 Å². The quantitative estimate of drug-likeness (QED) is 0.288. The van der Waals surface area contributed by atoms with Gasteiger partial charge in [0.05, 0.1) is 16.1 Å². The summed E-state index contributed by atoms with van der Waals surface area (Å²) in [6.07, 6.45) is 6.31. The van der Waals surface area contributed by atoms with Crippen LogP contribution >= 0.6 is 0 Å². The van der Waals surface area contributed by atoms with Gasteiger partial charge in [-0.2, -0.15) is 8.61 Å². The lowest BCUT2D eigenvalue weighted by Gasteiger charge is -2.45. The summed E-state index contributed by atoms with van der Waals surface area (Å²) < 4.78 is 56.4. The Hall–Kier alpha value is -0.220. The summed E-state index contributed by atoms with van der Waals surface area (Å²) in [5, 5.41) is 10.2. The average molecular weight is 565 g/mol. The minimum absolute atomic E-state index is 0.0110. The zero-order valence-corrected chi connectivity index (χ0v) is 26.9. The minimum Gasteiger partial charge on any atom is -0.395 e. The average Bonchev–Trinajstić information content (AvgIpc) is 3.60. The molecule has 1 atom stereocenters. The zero-order chi connectivity index (χ0) is 28.7. The van der Waals surface area contributed by atoms with E-state index in [0.717, 1.165) is 32.1 Å². The van der Waals surface area contributed by atoms with Gasteiger partial charge in [-0.05, 0) is 111 Å². The molecule has 0 aromatic heterocycles. The largest absolute Gasteiger partial charge is 0.395 e. The molecule has 2 saturated carbocycles. The van der Waals surface area contributed by atoms with Crippen molar-refractivity contribution in [2.75, 3.05) is 19.7 Å². The Morgan fingerprint density at radius 2 is 1.27 bits per heavy atom. The lowest BCUT2D eigenvalue weighted by Crippen LogP contribution is -2.56. The van der Waals surface area contributed by atoms with E-state index in [1.807, 2.05) is 13.8 Å². The fourth-order valence-corrected chi connectivity index (χ4v) is 9.26. The fraction of sp³-hybridized carbons (Fsp3) is 1.00. The third-order valence-electron chi connectivity index (χ3n) is 7.90. The van der Waals surface area contributed by atoms with Gasteiger partial charge in [0, 0.05) is 24.7 Å². The van der Waals surface area contributed by atoms with Gasteiger partial charge in [0.2, 0.25) is 20.0 Å². The van der Waals surface area contributed by atoms with E-state index < -0.39 is 41.1 Å². The highest BCUT2D eigenvalue weighted by molar-refractivity contribution is 7.90. The maximum Gasteiger partial charge on any atom is 0.219 e. The second-order valence-electron chi connectivity index (χ2n) is 15.1. The monoisotopic (exact) mass is 564 g/mol. The van der Waals surface area contributed by atoms with Crippen LogP contribution in [0.3, 0.4) is 0 Å². The molecule has 0 spiro atoms. The number of aliphatic hydroxyl groups excluding tert-OH is 1. The molecular weight excluding hydrogens is 508 g/mol. The smallest absolute Gasteiger partial charge is 0.219 e. The number of sulfonamides is 2. The Morgan fingerprint density at radius 1 is 0.784 bits per heavy atom. The van der Waals surface area contributed by atoms with Crippen molar-refractivity contribution in [1.29, 1.82) is 0 Å². The molecule has 1 N–H and O–H groups in total. The van der Waals surface area contributed by atoms with Crippen molar-refractivity contribution in [3.05, 3.63) is 0 Å². The first-order chi connectivity index (χ1) is 16.5. The fourth-order valence-electron chi connectivity index (χ4n) is 5.46. The molecular formula is C28H56N2O5S2. The lowest BCUT2D eigenvalue weighted by atomic mass is 9.81. The van der Waals surface area contributed by atoms with Crippen LogP contribution in [0.2, 0.25) is 0 Å². The van der Waals surface area contributed by atoms with Gasteiger partial charge >= 0.3 is 0 Å². The highest BCUT2D eigenvalue weighted by Gasteiger charge is 2.48. The number of aliphatic hydroxyl groups is 1. The topological polar surface area (TPSA) is 95.0 Å². The highest BCUT2D eigenvalue weighted by Crippen LogP contribution is 2.41. The van der Waals surface area contributed by atoms with E-state index in [4.69, 9.17) is 0 Å². The normalized spacial score (nSPS) is 19.6. The molecule has 0 amide bonds. The number of hydrogen-bond acceptors (Lipinski definition) is 5. The van der Waals surface area contributed by atoms with Gasteiger partial charge in [0.1, 0.15) is 0 Å². The molecule has 0 aliphatic heterocycles. The first kappa shape index (κ1) is 33.0. The van der Waals surface area contributed by atoms with Crippen molar-refractivity contribution >= 4 is 20.0 Å². The van der Waals surface area contributed by atoms with Crippen molar-refractivity contribution in [3.63, 3.8) is 0 Å². The summed E-state index contributed by atoms with van der Waals surface area (Å²) in [6.45, 7) is 20.0. The van der Waals surface area contributed by atoms with Crippen LogP contribution in [0.4, 0.5) is 0 Å². The second kappa shape index (κ2) is 11.3. The Balaban J connectivity index is 2.20. The van der Waals surface area contributed by atoms with E-state index in [1.165, 1.54) is 4.31 Å². The molecule has 220 valence electrons. The molecule has 0 bridgehead atoms. The summed E-state index contributed by atoms with van der Waals surface area (Å²) in [5.41, 5.74) is -0.519.